The summed E-state index contributed by atoms with van der Waals surface area (Å²) in [5.74, 6) is 0.834. The molecule has 1 saturated heterocycles. The van der Waals surface area contributed by atoms with Gasteiger partial charge in [0.1, 0.15) is 5.82 Å². The normalized spacial score (nSPS) is 33.5. The molecule has 1 aromatic carbocycles. The summed E-state index contributed by atoms with van der Waals surface area (Å²) in [5.41, 5.74) is 9.44. The summed E-state index contributed by atoms with van der Waals surface area (Å²) >= 11 is 0. The maximum Gasteiger partial charge on any atom is 0.255 e. The third-order valence-corrected chi connectivity index (χ3v) is 9.37. The molecule has 7 rings (SSSR count). The van der Waals surface area contributed by atoms with E-state index in [-0.39, 0.29) is 17.3 Å². The monoisotopic (exact) mass is 476 g/mol. The molecule has 2 bridgehead atoms. The van der Waals surface area contributed by atoms with Crippen LogP contribution in [0.2, 0.25) is 0 Å². The van der Waals surface area contributed by atoms with E-state index in [0.717, 1.165) is 81.8 Å². The fourth-order valence-corrected chi connectivity index (χ4v) is 6.90. The minimum atomic E-state index is -0.528. The lowest BCUT2D eigenvalue weighted by Crippen LogP contribution is -2.58. The second kappa shape index (κ2) is 8.29. The van der Waals surface area contributed by atoms with Crippen molar-refractivity contribution < 1.29 is 14.6 Å². The van der Waals surface area contributed by atoms with Crippen molar-refractivity contribution in [2.24, 2.45) is 5.92 Å². The van der Waals surface area contributed by atoms with Crippen molar-refractivity contribution in [3.8, 4) is 11.1 Å². The highest BCUT2D eigenvalue weighted by atomic mass is 16.5. The molecule has 5 aliphatic rings. The molecule has 4 N–H and O–H groups in total. The van der Waals surface area contributed by atoms with Gasteiger partial charge in [-0.05, 0) is 68.1 Å². The Labute approximate surface area is 207 Å². The largest absolute Gasteiger partial charge is 0.390 e. The number of pyridine rings is 1. The fraction of sp³-hybridized carbons (Fsp3) is 0.571. The van der Waals surface area contributed by atoms with E-state index in [0.29, 0.717) is 11.0 Å². The Morgan fingerprint density at radius 1 is 1.17 bits per heavy atom. The molecular weight excluding hydrogens is 440 g/mol. The molecule has 0 unspecified atom stereocenters. The average molecular weight is 477 g/mol. The molecule has 7 heteroatoms. The molecule has 0 spiro atoms. The Kier molecular flexibility index (Phi) is 5.43. The quantitative estimate of drug-likeness (QED) is 0.568. The summed E-state index contributed by atoms with van der Waals surface area (Å²) in [5, 5.41) is 13.8. The second-order valence-electron chi connectivity index (χ2n) is 11.5. The summed E-state index contributed by atoms with van der Waals surface area (Å²) in [4.78, 5) is 20.1. The maximum absolute atomic E-state index is 13.3. The van der Waals surface area contributed by atoms with E-state index in [9.17, 15) is 9.90 Å². The summed E-state index contributed by atoms with van der Waals surface area (Å²) in [6, 6.07) is 10.7. The fourth-order valence-electron chi connectivity index (χ4n) is 6.90. The Bertz CT molecular complexity index is 1110. The number of nitrogens with two attached hydrogens (primary N) is 1. The Morgan fingerprint density at radius 2 is 1.89 bits per heavy atom. The van der Waals surface area contributed by atoms with Crippen LogP contribution in [0.25, 0.3) is 11.1 Å². The number of piperidine rings is 1. The summed E-state index contributed by atoms with van der Waals surface area (Å²) in [7, 11) is 1.76. The van der Waals surface area contributed by atoms with Crippen molar-refractivity contribution in [2.45, 2.75) is 61.5 Å². The molecule has 2 atom stereocenters. The third kappa shape index (κ3) is 4.03. The number of anilines is 1. The van der Waals surface area contributed by atoms with Crippen LogP contribution >= 0.6 is 0 Å². The second-order valence-corrected chi connectivity index (χ2v) is 11.5. The predicted octanol–water partition coefficient (Wildman–Crippen LogP) is 3.12. The molecule has 4 aliphatic carbocycles. The topological polar surface area (TPSA) is 101 Å². The number of methoxy groups -OCH3 is 1. The standard InChI is InChI=1S/C28H36N4O3/c1-35-13-12-32-17-22-15-28(22,18-32)21-4-2-19(3-5-21)20-14-23(24(29)30-16-20)25(33)31-26-6-9-27(34,10-7-26)11-8-26/h2-5,14,16,22,34H,6-13,15,17-18H2,1H3,(H2,29,30)(H,31,33)/t22-,26?,27?,28+/m0/s1. The van der Waals surface area contributed by atoms with Crippen molar-refractivity contribution >= 4 is 11.7 Å². The van der Waals surface area contributed by atoms with Gasteiger partial charge in [0.05, 0.1) is 17.8 Å². The molecule has 186 valence electrons. The van der Waals surface area contributed by atoms with Crippen LogP contribution in [-0.2, 0) is 10.2 Å². The Balaban J connectivity index is 1.17. The van der Waals surface area contributed by atoms with Gasteiger partial charge >= 0.3 is 0 Å². The van der Waals surface area contributed by atoms with Gasteiger partial charge in [0, 0.05) is 49.5 Å². The minimum Gasteiger partial charge on any atom is -0.390 e. The van der Waals surface area contributed by atoms with Crippen LogP contribution in [0.1, 0.15) is 60.9 Å². The first-order chi connectivity index (χ1) is 16.8. The smallest absolute Gasteiger partial charge is 0.255 e. The molecule has 1 aliphatic heterocycles. The molecular formula is C28H36N4O3. The molecule has 7 nitrogen and oxygen atoms in total. The summed E-state index contributed by atoms with van der Waals surface area (Å²) in [6.07, 6.45) is 7.71. The highest BCUT2D eigenvalue weighted by Crippen LogP contribution is 2.59. The minimum absolute atomic E-state index is 0.164. The highest BCUT2D eigenvalue weighted by molar-refractivity contribution is 5.99. The number of likely N-dealkylation sites (tertiary alicyclic amines) is 1. The van der Waals surface area contributed by atoms with Crippen LogP contribution in [0, 0.1) is 5.92 Å². The van der Waals surface area contributed by atoms with Gasteiger partial charge in [-0.2, -0.15) is 0 Å². The predicted molar refractivity (Wildman–Crippen MR) is 135 cm³/mol. The number of carbonyl (C=O) groups is 1. The van der Waals surface area contributed by atoms with Crippen LogP contribution in [0.15, 0.2) is 36.5 Å². The summed E-state index contributed by atoms with van der Waals surface area (Å²) in [6.45, 7) is 4.04. The molecule has 35 heavy (non-hydrogen) atoms. The first kappa shape index (κ1) is 23.0. The van der Waals surface area contributed by atoms with E-state index in [2.05, 4.69) is 39.5 Å². The van der Waals surface area contributed by atoms with Gasteiger partial charge in [-0.15, -0.1) is 0 Å². The number of aromatic nitrogens is 1. The number of nitrogen functional groups attached to an aromatic ring is 1. The van der Waals surface area contributed by atoms with Crippen molar-refractivity contribution in [1.29, 1.82) is 0 Å². The molecule has 4 saturated carbocycles. The van der Waals surface area contributed by atoms with Crippen LogP contribution in [0.4, 0.5) is 5.82 Å². The number of benzene rings is 1. The Hall–Kier alpha value is -2.48. The number of nitrogens with one attached hydrogen (secondary N) is 1. The number of nitrogens with zero attached hydrogens (tertiary/aromatic N) is 2. The van der Waals surface area contributed by atoms with E-state index in [1.807, 2.05) is 6.07 Å². The van der Waals surface area contributed by atoms with E-state index < -0.39 is 5.60 Å². The lowest BCUT2D eigenvalue weighted by Gasteiger charge is -2.51. The van der Waals surface area contributed by atoms with Crippen molar-refractivity contribution in [3.63, 3.8) is 0 Å². The number of hydrogen-bond donors (Lipinski definition) is 3. The molecule has 0 radical (unpaired) electrons. The van der Waals surface area contributed by atoms with Gasteiger partial charge in [0.25, 0.3) is 5.91 Å². The molecule has 1 aromatic heterocycles. The Morgan fingerprint density at radius 3 is 2.57 bits per heavy atom. The van der Waals surface area contributed by atoms with Crippen molar-refractivity contribution in [1.82, 2.24) is 15.2 Å². The maximum atomic E-state index is 13.3. The molecule has 1 amide bonds. The van der Waals surface area contributed by atoms with Gasteiger partial charge in [0.15, 0.2) is 0 Å². The third-order valence-electron chi connectivity index (χ3n) is 9.37. The van der Waals surface area contributed by atoms with E-state index in [1.54, 1.807) is 13.3 Å². The number of carbonyl (C=O) groups excluding carboxylic acids is 1. The average Bonchev–Trinajstić information content (AvgIpc) is 3.45. The van der Waals surface area contributed by atoms with E-state index in [4.69, 9.17) is 10.5 Å². The number of hydrogen-bond acceptors (Lipinski definition) is 6. The number of fused-ring (bicyclic) bond motifs is 4. The van der Waals surface area contributed by atoms with E-state index in [1.165, 1.54) is 12.0 Å². The zero-order chi connectivity index (χ0) is 24.3. The van der Waals surface area contributed by atoms with Gasteiger partial charge in [-0.3, -0.25) is 9.69 Å². The zero-order valence-electron chi connectivity index (χ0n) is 20.6. The highest BCUT2D eigenvalue weighted by Gasteiger charge is 2.60. The van der Waals surface area contributed by atoms with Gasteiger partial charge in [-0.1, -0.05) is 24.3 Å². The number of ether oxygens (including phenoxy) is 1. The molecule has 2 heterocycles. The van der Waals surface area contributed by atoms with Crippen LogP contribution in [0.3, 0.4) is 0 Å². The SMILES string of the molecule is COCCN1C[C@@H]2C[C@]2(c2ccc(-c3cnc(N)c(C(=O)NC45CCC(O)(CC4)CC5)c3)cc2)C1. The van der Waals surface area contributed by atoms with Crippen LogP contribution in [-0.4, -0.2) is 65.4 Å². The first-order valence-corrected chi connectivity index (χ1v) is 13.0. The van der Waals surface area contributed by atoms with Crippen LogP contribution in [0.5, 0.6) is 0 Å². The number of amides is 1. The van der Waals surface area contributed by atoms with Gasteiger partial charge < -0.3 is 20.9 Å². The van der Waals surface area contributed by atoms with Crippen LogP contribution < -0.4 is 11.1 Å². The van der Waals surface area contributed by atoms with Crippen molar-refractivity contribution in [2.75, 3.05) is 39.1 Å². The lowest BCUT2D eigenvalue weighted by atomic mass is 9.63. The first-order valence-electron chi connectivity index (χ1n) is 13.0. The molecule has 2 aromatic rings. The zero-order valence-corrected chi connectivity index (χ0v) is 20.6. The van der Waals surface area contributed by atoms with Gasteiger partial charge in [-0.25, -0.2) is 4.98 Å². The number of rotatable bonds is 7. The summed E-state index contributed by atoms with van der Waals surface area (Å²) < 4.78 is 5.26. The lowest BCUT2D eigenvalue weighted by molar-refractivity contribution is -0.0702. The molecule has 5 fully saturated rings. The number of aliphatic hydroxyl groups is 1. The van der Waals surface area contributed by atoms with E-state index >= 15 is 0 Å². The van der Waals surface area contributed by atoms with Crippen molar-refractivity contribution in [3.05, 3.63) is 47.7 Å². The van der Waals surface area contributed by atoms with Gasteiger partial charge in [0.2, 0.25) is 0 Å².